The van der Waals surface area contributed by atoms with Gasteiger partial charge in [-0.25, -0.2) is 13.2 Å². The Morgan fingerprint density at radius 2 is 1.34 bits per heavy atom. The van der Waals surface area contributed by atoms with E-state index in [2.05, 4.69) is 0 Å². The first kappa shape index (κ1) is 25.6. The first-order valence-electron chi connectivity index (χ1n) is 9.21. The van der Waals surface area contributed by atoms with Crippen LogP contribution in [0.15, 0.2) is 29.2 Å². The Morgan fingerprint density at radius 1 is 0.875 bits per heavy atom. The zero-order chi connectivity index (χ0) is 24.2. The number of carbonyl (C=O) groups excluding carboxylic acids is 3. The molecule has 0 amide bonds. The Bertz CT molecular complexity index is 987. The molecular formula is C19H22O11S2. The molecule has 13 heteroatoms. The highest BCUT2D eigenvalue weighted by atomic mass is 33.1. The SMILES string of the molecule is CC(=O)O[C@@H]1[C@@H](OC(C)=O)[C@H](SS(=O)(=O)c2ccc(C)cc2)O[C@H](C(=O)O)[C@H]1OC(C)=O. The minimum atomic E-state index is -4.13. The van der Waals surface area contributed by atoms with Gasteiger partial charge in [0.15, 0.2) is 29.9 Å². The number of hydrogen-bond acceptors (Lipinski definition) is 11. The van der Waals surface area contributed by atoms with Crippen molar-refractivity contribution in [2.24, 2.45) is 0 Å². The molecule has 1 heterocycles. The Kier molecular flexibility index (Phi) is 8.26. The van der Waals surface area contributed by atoms with E-state index in [4.69, 9.17) is 18.9 Å². The lowest BCUT2D eigenvalue weighted by atomic mass is 9.99. The van der Waals surface area contributed by atoms with Gasteiger partial charge in [0.2, 0.25) is 8.87 Å². The van der Waals surface area contributed by atoms with Gasteiger partial charge in [0.25, 0.3) is 0 Å². The van der Waals surface area contributed by atoms with Gasteiger partial charge in [-0.3, -0.25) is 14.4 Å². The molecular weight excluding hydrogens is 468 g/mol. The lowest BCUT2D eigenvalue weighted by Crippen LogP contribution is -2.62. The normalized spacial score (nSPS) is 25.4. The molecule has 176 valence electrons. The molecule has 1 aromatic carbocycles. The van der Waals surface area contributed by atoms with Crippen molar-refractivity contribution in [2.45, 2.75) is 62.4 Å². The molecule has 0 bridgehead atoms. The van der Waals surface area contributed by atoms with Crippen LogP contribution in [0.3, 0.4) is 0 Å². The highest BCUT2D eigenvalue weighted by Crippen LogP contribution is 2.38. The highest BCUT2D eigenvalue weighted by Gasteiger charge is 2.55. The molecule has 0 aliphatic carbocycles. The molecule has 0 spiro atoms. The van der Waals surface area contributed by atoms with Crippen molar-refractivity contribution in [3.05, 3.63) is 29.8 Å². The van der Waals surface area contributed by atoms with Crippen molar-refractivity contribution in [3.8, 4) is 0 Å². The summed E-state index contributed by atoms with van der Waals surface area (Å²) in [5.41, 5.74) is -0.812. The van der Waals surface area contributed by atoms with Gasteiger partial charge in [-0.2, -0.15) is 0 Å². The third kappa shape index (κ3) is 6.43. The molecule has 0 saturated carbocycles. The van der Waals surface area contributed by atoms with E-state index in [0.717, 1.165) is 26.3 Å². The van der Waals surface area contributed by atoms with Crippen LogP contribution in [0.2, 0.25) is 0 Å². The standard InChI is InChI=1S/C19H22O11S2/c1-9-5-7-13(8-6-9)32(25,26)31-19-17(29-12(4)22)15(28-11(3)21)14(27-10(2)20)16(30-19)18(23)24/h5-8,14-17,19H,1-4H3,(H,23,24)/t14-,15-,16-,17+,19-/m0/s1. The lowest BCUT2D eigenvalue weighted by molar-refractivity contribution is -0.234. The smallest absolute Gasteiger partial charge is 0.336 e. The Hall–Kier alpha value is -2.64. The second-order valence-electron chi connectivity index (χ2n) is 6.85. The zero-order valence-corrected chi connectivity index (χ0v) is 19.2. The van der Waals surface area contributed by atoms with Crippen molar-refractivity contribution < 1.29 is 51.6 Å². The number of carboxylic acids is 1. The van der Waals surface area contributed by atoms with E-state index in [9.17, 15) is 32.7 Å². The average Bonchev–Trinajstić information content (AvgIpc) is 2.65. The second-order valence-corrected chi connectivity index (χ2v) is 10.8. The zero-order valence-electron chi connectivity index (χ0n) is 17.5. The monoisotopic (exact) mass is 490 g/mol. The van der Waals surface area contributed by atoms with Crippen molar-refractivity contribution in [1.29, 1.82) is 0 Å². The van der Waals surface area contributed by atoms with Crippen molar-refractivity contribution in [3.63, 3.8) is 0 Å². The van der Waals surface area contributed by atoms with Crippen LogP contribution >= 0.6 is 10.8 Å². The van der Waals surface area contributed by atoms with Gasteiger partial charge in [-0.1, -0.05) is 17.7 Å². The van der Waals surface area contributed by atoms with Crippen molar-refractivity contribution in [2.75, 3.05) is 0 Å². The molecule has 32 heavy (non-hydrogen) atoms. The summed E-state index contributed by atoms with van der Waals surface area (Å²) in [6.45, 7) is 4.78. The van der Waals surface area contributed by atoms with Crippen LogP contribution in [-0.4, -0.2) is 67.3 Å². The van der Waals surface area contributed by atoms with Crippen LogP contribution in [0.25, 0.3) is 0 Å². The first-order chi connectivity index (χ1) is 14.8. The molecule has 2 rings (SSSR count). The molecule has 0 unspecified atom stereocenters. The van der Waals surface area contributed by atoms with Crippen LogP contribution in [0.1, 0.15) is 26.3 Å². The maximum Gasteiger partial charge on any atom is 0.336 e. The molecule has 0 aromatic heterocycles. The van der Waals surface area contributed by atoms with Gasteiger partial charge in [0, 0.05) is 31.6 Å². The summed E-state index contributed by atoms with van der Waals surface area (Å²) >= 11 is 0. The van der Waals surface area contributed by atoms with Crippen LogP contribution < -0.4 is 0 Å². The van der Waals surface area contributed by atoms with E-state index in [1.807, 2.05) is 0 Å². The van der Waals surface area contributed by atoms with E-state index in [1.54, 1.807) is 19.1 Å². The van der Waals surface area contributed by atoms with Crippen molar-refractivity contribution in [1.82, 2.24) is 0 Å². The van der Waals surface area contributed by atoms with Gasteiger partial charge < -0.3 is 24.1 Å². The fraction of sp³-hybridized carbons (Fsp3) is 0.474. The quantitative estimate of drug-likeness (QED) is 0.329. The Morgan fingerprint density at radius 3 is 1.81 bits per heavy atom. The van der Waals surface area contributed by atoms with Gasteiger partial charge in [-0.15, -0.1) is 0 Å². The molecule has 0 radical (unpaired) electrons. The molecule has 1 fully saturated rings. The summed E-state index contributed by atoms with van der Waals surface area (Å²) in [5, 5.41) is 9.58. The van der Waals surface area contributed by atoms with Gasteiger partial charge in [-0.05, 0) is 19.1 Å². The topological polar surface area (TPSA) is 160 Å². The molecule has 5 atom stereocenters. The van der Waals surface area contributed by atoms with E-state index < -0.39 is 62.6 Å². The molecule has 1 saturated heterocycles. The lowest BCUT2D eigenvalue weighted by Gasteiger charge is -2.42. The largest absolute Gasteiger partial charge is 0.479 e. The molecule has 11 nitrogen and oxygen atoms in total. The second kappa shape index (κ2) is 10.3. The number of carbonyl (C=O) groups is 4. The number of ether oxygens (including phenoxy) is 4. The first-order valence-corrected chi connectivity index (χ1v) is 12.1. The number of aliphatic carboxylic acids is 1. The van der Waals surface area contributed by atoms with Crippen LogP contribution in [0, 0.1) is 6.92 Å². The fourth-order valence-corrected chi connectivity index (χ4v) is 6.13. The highest BCUT2D eigenvalue weighted by molar-refractivity contribution is 8.72. The minimum absolute atomic E-state index is 0.101. The Labute approximate surface area is 187 Å². The number of benzene rings is 1. The van der Waals surface area contributed by atoms with Gasteiger partial charge >= 0.3 is 23.9 Å². The summed E-state index contributed by atoms with van der Waals surface area (Å²) in [6.07, 6.45) is -6.83. The summed E-state index contributed by atoms with van der Waals surface area (Å²) in [6, 6.07) is 5.83. The molecule has 1 aliphatic rings. The third-order valence-corrected chi connectivity index (χ3v) is 7.75. The van der Waals surface area contributed by atoms with E-state index in [1.165, 1.54) is 12.1 Å². The van der Waals surface area contributed by atoms with E-state index >= 15 is 0 Å². The number of aryl methyl sites for hydroxylation is 1. The molecule has 1 N–H and O–H groups in total. The maximum absolute atomic E-state index is 12.9. The number of rotatable bonds is 7. The van der Waals surface area contributed by atoms with Crippen molar-refractivity contribution >= 4 is 43.5 Å². The summed E-state index contributed by atoms with van der Waals surface area (Å²) in [5.74, 6) is -4.31. The third-order valence-electron chi connectivity index (χ3n) is 4.18. The minimum Gasteiger partial charge on any atom is -0.479 e. The number of esters is 3. The number of hydrogen-bond donors (Lipinski definition) is 1. The van der Waals surface area contributed by atoms with E-state index in [0.29, 0.717) is 0 Å². The Balaban J connectivity index is 2.51. The van der Waals surface area contributed by atoms with Gasteiger partial charge in [0.1, 0.15) is 0 Å². The fourth-order valence-electron chi connectivity index (χ4n) is 2.94. The van der Waals surface area contributed by atoms with Gasteiger partial charge in [0.05, 0.1) is 4.90 Å². The molecule has 1 aromatic rings. The summed E-state index contributed by atoms with van der Waals surface area (Å²) in [7, 11) is -3.95. The van der Waals surface area contributed by atoms with Crippen LogP contribution in [0.5, 0.6) is 0 Å². The van der Waals surface area contributed by atoms with Crippen LogP contribution in [0.4, 0.5) is 0 Å². The average molecular weight is 491 g/mol. The predicted octanol–water partition coefficient (Wildman–Crippen LogP) is 1.02. The van der Waals surface area contributed by atoms with E-state index in [-0.39, 0.29) is 15.7 Å². The summed E-state index contributed by atoms with van der Waals surface area (Å²) < 4.78 is 46.5. The maximum atomic E-state index is 12.9. The summed E-state index contributed by atoms with van der Waals surface area (Å²) in [4.78, 5) is 46.6. The predicted molar refractivity (Wildman–Crippen MR) is 109 cm³/mol. The number of carboxylic acid groups (broad SMARTS) is 1. The molecule has 1 aliphatic heterocycles. The van der Waals surface area contributed by atoms with Crippen LogP contribution in [-0.2, 0) is 47.0 Å².